The van der Waals surface area contributed by atoms with Gasteiger partial charge in [-0.05, 0) is 59.2 Å². The van der Waals surface area contributed by atoms with E-state index in [1.807, 2.05) is 0 Å². The largest absolute Gasteiger partial charge is 4.00 e. The fraction of sp³-hybridized carbons (Fsp3) is 0.455. The maximum atomic E-state index is 2.20. The van der Waals surface area contributed by atoms with Crippen molar-refractivity contribution in [3.05, 3.63) is 74.0 Å². The van der Waals surface area contributed by atoms with Crippen LogP contribution in [0.1, 0.15) is 69.2 Å². The molecule has 2 aliphatic carbocycles. The van der Waals surface area contributed by atoms with Crippen LogP contribution in [0.5, 0.6) is 0 Å². The van der Waals surface area contributed by atoms with Crippen LogP contribution < -0.4 is 0 Å². The first kappa shape index (κ1) is 28.7. The molecule has 0 unspecified atom stereocenters. The van der Waals surface area contributed by atoms with Crippen molar-refractivity contribution in [2.75, 3.05) is 0 Å². The molecule has 0 saturated heterocycles. The fourth-order valence-electron chi connectivity index (χ4n) is 2.81. The van der Waals surface area contributed by atoms with Gasteiger partial charge in [0.25, 0.3) is 0 Å². The second-order valence-electron chi connectivity index (χ2n) is 6.25. The summed E-state index contributed by atoms with van der Waals surface area (Å²) >= 11 is 0. The molecule has 126 valence electrons. The van der Waals surface area contributed by atoms with E-state index in [0.29, 0.717) is 0 Å². The zero-order valence-electron chi connectivity index (χ0n) is 17.5. The van der Waals surface area contributed by atoms with Crippen molar-refractivity contribution in [2.24, 2.45) is 0 Å². The molecule has 2 aliphatic rings. The minimum Gasteiger partial charge on any atom is -0.358 e. The van der Waals surface area contributed by atoms with Crippen molar-refractivity contribution in [1.29, 1.82) is 0 Å². The molecule has 2 saturated carbocycles. The molecule has 0 bridgehead atoms. The van der Waals surface area contributed by atoms with Crippen LogP contribution in [0.3, 0.4) is 0 Å². The van der Waals surface area contributed by atoms with Gasteiger partial charge in [-0.15, -0.1) is 0 Å². The summed E-state index contributed by atoms with van der Waals surface area (Å²) in [5.74, 6) is 14.7. The summed E-state index contributed by atoms with van der Waals surface area (Å²) in [6, 6.07) is 0. The van der Waals surface area contributed by atoms with Gasteiger partial charge in [-0.1, -0.05) is 69.2 Å². The molecular formula is C22H36Hf+2. The molecule has 0 aromatic rings. The van der Waals surface area contributed by atoms with E-state index in [1.165, 1.54) is 59.2 Å². The van der Waals surface area contributed by atoms with Crippen molar-refractivity contribution < 1.29 is 25.8 Å². The van der Waals surface area contributed by atoms with Gasteiger partial charge in [0.05, 0.1) is 0 Å². The summed E-state index contributed by atoms with van der Waals surface area (Å²) < 4.78 is 0. The SMILES string of the molecule is C[C]1[C](C)[C](C)[C](C)[C]1C.C[C]1[C](C)[C](C)[C](C)[C]1C.[CH3-].[CH3-].[Hf+4]. The Bertz CT molecular complexity index is 181. The Kier molecular flexibility index (Phi) is 14.3. The van der Waals surface area contributed by atoms with Crippen molar-refractivity contribution >= 4 is 0 Å². The minimum absolute atomic E-state index is 0. The predicted molar refractivity (Wildman–Crippen MR) is 102 cm³/mol. The average Bonchev–Trinajstić information content (AvgIpc) is 2.71. The molecule has 0 aromatic heterocycles. The molecular weight excluding hydrogens is 443 g/mol. The van der Waals surface area contributed by atoms with Gasteiger partial charge in [-0.25, -0.2) is 0 Å². The van der Waals surface area contributed by atoms with Crippen LogP contribution in [-0.2, 0) is 25.8 Å². The molecule has 2 fully saturated rings. The third-order valence-corrected chi connectivity index (χ3v) is 5.62. The van der Waals surface area contributed by atoms with E-state index in [0.717, 1.165) is 0 Å². The quantitative estimate of drug-likeness (QED) is 0.264. The third kappa shape index (κ3) is 5.96. The summed E-state index contributed by atoms with van der Waals surface area (Å²) in [7, 11) is 0. The van der Waals surface area contributed by atoms with E-state index >= 15 is 0 Å². The maximum absolute atomic E-state index is 2.20. The van der Waals surface area contributed by atoms with E-state index in [1.54, 1.807) is 0 Å². The molecule has 0 aromatic carbocycles. The first-order valence-corrected chi connectivity index (χ1v) is 7.50. The van der Waals surface area contributed by atoms with E-state index in [-0.39, 0.29) is 40.7 Å². The number of hydrogen-bond acceptors (Lipinski definition) is 0. The molecule has 0 aliphatic heterocycles. The summed E-state index contributed by atoms with van der Waals surface area (Å²) in [6.45, 7) is 22.0. The van der Waals surface area contributed by atoms with Crippen LogP contribution in [-0.4, -0.2) is 0 Å². The second kappa shape index (κ2) is 11.5. The summed E-state index contributed by atoms with van der Waals surface area (Å²) in [6.07, 6.45) is 0. The van der Waals surface area contributed by atoms with Gasteiger partial charge in [0, 0.05) is 0 Å². The fourth-order valence-corrected chi connectivity index (χ4v) is 2.81. The van der Waals surface area contributed by atoms with E-state index in [2.05, 4.69) is 69.2 Å². The van der Waals surface area contributed by atoms with Gasteiger partial charge in [0.15, 0.2) is 0 Å². The smallest absolute Gasteiger partial charge is 0.358 e. The molecule has 0 N–H and O–H groups in total. The Morgan fingerprint density at radius 1 is 0.261 bits per heavy atom. The third-order valence-electron chi connectivity index (χ3n) is 5.62. The van der Waals surface area contributed by atoms with Crippen LogP contribution in [0, 0.1) is 74.0 Å². The molecule has 0 heterocycles. The van der Waals surface area contributed by atoms with Gasteiger partial charge >= 0.3 is 25.8 Å². The van der Waals surface area contributed by atoms with Gasteiger partial charge in [-0.2, -0.15) is 0 Å². The molecule has 0 nitrogen and oxygen atoms in total. The first-order chi connectivity index (χ1) is 9.11. The van der Waals surface area contributed by atoms with E-state index < -0.39 is 0 Å². The number of rotatable bonds is 0. The summed E-state index contributed by atoms with van der Waals surface area (Å²) in [4.78, 5) is 0. The summed E-state index contributed by atoms with van der Waals surface area (Å²) in [5.41, 5.74) is 0. The topological polar surface area (TPSA) is 0 Å². The van der Waals surface area contributed by atoms with Gasteiger partial charge in [0.2, 0.25) is 0 Å². The number of hydrogen-bond donors (Lipinski definition) is 0. The molecule has 10 radical (unpaired) electrons. The molecule has 1 heteroatoms. The average molecular weight is 479 g/mol. The minimum atomic E-state index is 0. The zero-order chi connectivity index (χ0) is 15.8. The Hall–Kier alpha value is 0.870. The van der Waals surface area contributed by atoms with E-state index in [9.17, 15) is 0 Å². The van der Waals surface area contributed by atoms with Crippen LogP contribution in [0.4, 0.5) is 0 Å². The van der Waals surface area contributed by atoms with Gasteiger partial charge in [0.1, 0.15) is 0 Å². The normalized spacial score (nSPS) is 24.8. The Morgan fingerprint density at radius 2 is 0.304 bits per heavy atom. The van der Waals surface area contributed by atoms with Crippen LogP contribution in [0.25, 0.3) is 0 Å². The van der Waals surface area contributed by atoms with Crippen molar-refractivity contribution in [3.8, 4) is 0 Å². The van der Waals surface area contributed by atoms with Crippen molar-refractivity contribution in [1.82, 2.24) is 0 Å². The first-order valence-electron chi connectivity index (χ1n) is 7.50. The van der Waals surface area contributed by atoms with Crippen LogP contribution >= 0.6 is 0 Å². The van der Waals surface area contributed by atoms with Gasteiger partial charge < -0.3 is 14.9 Å². The summed E-state index contributed by atoms with van der Waals surface area (Å²) in [5, 5.41) is 0. The zero-order valence-corrected chi connectivity index (χ0v) is 21.1. The van der Waals surface area contributed by atoms with Crippen molar-refractivity contribution in [3.63, 3.8) is 0 Å². The van der Waals surface area contributed by atoms with Gasteiger partial charge in [-0.3, -0.25) is 0 Å². The van der Waals surface area contributed by atoms with E-state index in [4.69, 9.17) is 0 Å². The second-order valence-corrected chi connectivity index (χ2v) is 6.25. The standard InChI is InChI=1S/2C10H15.2CH3.Hf/c2*1-6-7(2)9(4)10(5)8(6)3;;;/h2*1-5H3;2*1H3;/q;;2*-1;+4. The maximum Gasteiger partial charge on any atom is 4.00 e. The van der Waals surface area contributed by atoms with Crippen LogP contribution in [0.15, 0.2) is 0 Å². The molecule has 2 rings (SSSR count). The molecule has 0 atom stereocenters. The van der Waals surface area contributed by atoms with Crippen LogP contribution in [0.2, 0.25) is 0 Å². The Morgan fingerprint density at radius 3 is 0.348 bits per heavy atom. The Balaban J connectivity index is -0.000000308. The monoisotopic (exact) mass is 480 g/mol. The predicted octanol–water partition coefficient (Wildman–Crippen LogP) is 6.84. The Labute approximate surface area is 168 Å². The molecule has 0 amide bonds. The van der Waals surface area contributed by atoms with Crippen molar-refractivity contribution in [2.45, 2.75) is 69.2 Å². The molecule has 0 spiro atoms. The molecule has 23 heavy (non-hydrogen) atoms.